The quantitative estimate of drug-likeness (QED) is 0.548. The highest BCUT2D eigenvalue weighted by atomic mass is 32.1. The lowest BCUT2D eigenvalue weighted by Crippen LogP contribution is -2.44. The molecule has 1 aliphatic heterocycles. The molecule has 1 fully saturated rings. The van der Waals surface area contributed by atoms with E-state index in [1.165, 1.54) is 6.42 Å². The van der Waals surface area contributed by atoms with Gasteiger partial charge in [0.05, 0.1) is 13.2 Å². The second kappa shape index (κ2) is 6.46. The van der Waals surface area contributed by atoms with Crippen molar-refractivity contribution in [2.45, 2.75) is 19.4 Å². The molecule has 3 heteroatoms. The SMILES string of the molecule is CCC1COCCN1CC=CCS. The van der Waals surface area contributed by atoms with E-state index in [2.05, 4.69) is 36.6 Å². The molecule has 76 valence electrons. The van der Waals surface area contributed by atoms with Crippen LogP contribution in [0.1, 0.15) is 13.3 Å². The molecule has 1 saturated heterocycles. The molecule has 0 aliphatic carbocycles. The van der Waals surface area contributed by atoms with Gasteiger partial charge >= 0.3 is 0 Å². The first kappa shape index (κ1) is 11.1. The summed E-state index contributed by atoms with van der Waals surface area (Å²) >= 11 is 4.13. The van der Waals surface area contributed by atoms with Crippen LogP contribution in [0, 0.1) is 0 Å². The Kier molecular flexibility index (Phi) is 5.51. The third-order valence-electron chi connectivity index (χ3n) is 2.43. The summed E-state index contributed by atoms with van der Waals surface area (Å²) in [4.78, 5) is 2.48. The Hall–Kier alpha value is 0.01000. The van der Waals surface area contributed by atoms with Gasteiger partial charge in [0.1, 0.15) is 0 Å². The number of hydrogen-bond donors (Lipinski definition) is 1. The average Bonchev–Trinajstić information content (AvgIpc) is 2.19. The molecular formula is C10H19NOS. The largest absolute Gasteiger partial charge is 0.378 e. The molecule has 0 aromatic rings. The zero-order chi connectivity index (χ0) is 9.52. The molecule has 1 atom stereocenters. The Labute approximate surface area is 86.4 Å². The van der Waals surface area contributed by atoms with E-state index >= 15 is 0 Å². The van der Waals surface area contributed by atoms with Crippen molar-refractivity contribution in [1.82, 2.24) is 4.90 Å². The lowest BCUT2D eigenvalue weighted by Gasteiger charge is -2.34. The van der Waals surface area contributed by atoms with Crippen molar-refractivity contribution < 1.29 is 4.74 Å². The topological polar surface area (TPSA) is 12.5 Å². The van der Waals surface area contributed by atoms with Crippen molar-refractivity contribution in [3.05, 3.63) is 12.2 Å². The van der Waals surface area contributed by atoms with Gasteiger partial charge in [-0.15, -0.1) is 0 Å². The molecule has 0 aromatic heterocycles. The molecular weight excluding hydrogens is 182 g/mol. The molecule has 0 N–H and O–H groups in total. The van der Waals surface area contributed by atoms with E-state index in [0.717, 1.165) is 32.1 Å². The van der Waals surface area contributed by atoms with E-state index in [1.54, 1.807) is 0 Å². The minimum absolute atomic E-state index is 0.610. The Morgan fingerprint density at radius 1 is 1.54 bits per heavy atom. The van der Waals surface area contributed by atoms with Gasteiger partial charge in [-0.2, -0.15) is 12.6 Å². The molecule has 0 radical (unpaired) electrons. The molecule has 0 saturated carbocycles. The van der Waals surface area contributed by atoms with Gasteiger partial charge in [0.2, 0.25) is 0 Å². The smallest absolute Gasteiger partial charge is 0.0622 e. The first-order valence-corrected chi connectivity index (χ1v) is 5.59. The van der Waals surface area contributed by atoms with E-state index in [9.17, 15) is 0 Å². The highest BCUT2D eigenvalue weighted by Gasteiger charge is 2.19. The molecule has 0 aromatic carbocycles. The van der Waals surface area contributed by atoms with E-state index in [4.69, 9.17) is 4.74 Å². The molecule has 0 bridgehead atoms. The molecule has 0 spiro atoms. The van der Waals surface area contributed by atoms with Crippen LogP contribution in [0.15, 0.2) is 12.2 Å². The number of nitrogens with zero attached hydrogens (tertiary/aromatic N) is 1. The Morgan fingerprint density at radius 2 is 2.38 bits per heavy atom. The average molecular weight is 201 g/mol. The van der Waals surface area contributed by atoms with Gasteiger partial charge in [-0.05, 0) is 6.42 Å². The molecule has 2 nitrogen and oxygen atoms in total. The zero-order valence-electron chi connectivity index (χ0n) is 8.28. The van der Waals surface area contributed by atoms with Gasteiger partial charge in [-0.1, -0.05) is 19.1 Å². The maximum absolute atomic E-state index is 5.43. The Balaban J connectivity index is 2.31. The molecule has 1 aliphatic rings. The summed E-state index contributed by atoms with van der Waals surface area (Å²) in [5, 5.41) is 0. The normalized spacial score (nSPS) is 25.5. The number of rotatable bonds is 4. The van der Waals surface area contributed by atoms with Crippen molar-refractivity contribution in [3.63, 3.8) is 0 Å². The van der Waals surface area contributed by atoms with Gasteiger partial charge in [0.25, 0.3) is 0 Å². The summed E-state index contributed by atoms with van der Waals surface area (Å²) in [6.07, 6.45) is 5.47. The van der Waals surface area contributed by atoms with Crippen LogP contribution in [0.5, 0.6) is 0 Å². The minimum atomic E-state index is 0.610. The predicted molar refractivity (Wildman–Crippen MR) is 59.5 cm³/mol. The molecule has 13 heavy (non-hydrogen) atoms. The highest BCUT2D eigenvalue weighted by Crippen LogP contribution is 2.09. The Morgan fingerprint density at radius 3 is 3.08 bits per heavy atom. The maximum Gasteiger partial charge on any atom is 0.0622 e. The van der Waals surface area contributed by atoms with E-state index in [-0.39, 0.29) is 0 Å². The van der Waals surface area contributed by atoms with Crippen molar-refractivity contribution in [2.75, 3.05) is 32.1 Å². The fraction of sp³-hybridized carbons (Fsp3) is 0.800. The van der Waals surface area contributed by atoms with Crippen LogP contribution >= 0.6 is 12.6 Å². The van der Waals surface area contributed by atoms with E-state index < -0.39 is 0 Å². The molecule has 1 unspecified atom stereocenters. The predicted octanol–water partition coefficient (Wildman–Crippen LogP) is 1.58. The lowest BCUT2D eigenvalue weighted by atomic mass is 10.2. The van der Waals surface area contributed by atoms with Gasteiger partial charge in [0.15, 0.2) is 0 Å². The summed E-state index contributed by atoms with van der Waals surface area (Å²) in [5.41, 5.74) is 0. The summed E-state index contributed by atoms with van der Waals surface area (Å²) in [6, 6.07) is 0.610. The number of morpholine rings is 1. The third kappa shape index (κ3) is 3.71. The standard InChI is InChI=1S/C10H19NOS/c1-2-10-9-12-7-6-11(10)5-3-4-8-13/h3-4,10,13H,2,5-9H2,1H3. The van der Waals surface area contributed by atoms with Crippen LogP contribution < -0.4 is 0 Å². The van der Waals surface area contributed by atoms with E-state index in [1.807, 2.05) is 0 Å². The minimum Gasteiger partial charge on any atom is -0.378 e. The summed E-state index contributed by atoms with van der Waals surface area (Å²) in [6.45, 7) is 6.10. The highest BCUT2D eigenvalue weighted by molar-refractivity contribution is 7.80. The maximum atomic E-state index is 5.43. The second-order valence-electron chi connectivity index (χ2n) is 3.29. The van der Waals surface area contributed by atoms with E-state index in [0.29, 0.717) is 6.04 Å². The number of ether oxygens (including phenoxy) is 1. The number of thiol groups is 1. The lowest BCUT2D eigenvalue weighted by molar-refractivity contribution is -0.00276. The van der Waals surface area contributed by atoms with Crippen LogP contribution in [0.25, 0.3) is 0 Å². The summed E-state index contributed by atoms with van der Waals surface area (Å²) < 4.78 is 5.43. The van der Waals surface area contributed by atoms with Crippen molar-refractivity contribution >= 4 is 12.6 Å². The summed E-state index contributed by atoms with van der Waals surface area (Å²) in [5.74, 6) is 0.834. The fourth-order valence-corrected chi connectivity index (χ4v) is 1.74. The van der Waals surface area contributed by atoms with Gasteiger partial charge in [0, 0.05) is 24.9 Å². The Bertz CT molecular complexity index is 161. The van der Waals surface area contributed by atoms with Crippen LogP contribution in [0.3, 0.4) is 0 Å². The molecule has 1 rings (SSSR count). The monoisotopic (exact) mass is 201 g/mol. The first-order chi connectivity index (χ1) is 6.38. The second-order valence-corrected chi connectivity index (χ2v) is 3.65. The van der Waals surface area contributed by atoms with Crippen molar-refractivity contribution in [3.8, 4) is 0 Å². The van der Waals surface area contributed by atoms with Gasteiger partial charge < -0.3 is 4.74 Å². The number of hydrogen-bond acceptors (Lipinski definition) is 3. The van der Waals surface area contributed by atoms with Crippen LogP contribution in [-0.4, -0.2) is 43.0 Å². The third-order valence-corrected chi connectivity index (χ3v) is 2.64. The van der Waals surface area contributed by atoms with Crippen LogP contribution in [0.2, 0.25) is 0 Å². The summed E-state index contributed by atoms with van der Waals surface area (Å²) in [7, 11) is 0. The van der Waals surface area contributed by atoms with Gasteiger partial charge in [-0.25, -0.2) is 0 Å². The van der Waals surface area contributed by atoms with Gasteiger partial charge in [-0.3, -0.25) is 4.90 Å². The first-order valence-electron chi connectivity index (χ1n) is 4.96. The van der Waals surface area contributed by atoms with Crippen molar-refractivity contribution in [2.24, 2.45) is 0 Å². The van der Waals surface area contributed by atoms with Crippen LogP contribution in [-0.2, 0) is 4.74 Å². The van der Waals surface area contributed by atoms with Crippen LogP contribution in [0.4, 0.5) is 0 Å². The zero-order valence-corrected chi connectivity index (χ0v) is 9.17. The fourth-order valence-electron chi connectivity index (χ4n) is 1.59. The molecule has 1 heterocycles. The molecule has 0 amide bonds. The van der Waals surface area contributed by atoms with Crippen molar-refractivity contribution in [1.29, 1.82) is 0 Å².